The van der Waals surface area contributed by atoms with E-state index in [0.717, 1.165) is 23.8 Å². The molecule has 9 heteroatoms. The predicted molar refractivity (Wildman–Crippen MR) is 74.4 cm³/mol. The summed E-state index contributed by atoms with van der Waals surface area (Å²) in [6, 6.07) is 1.09. The van der Waals surface area contributed by atoms with Gasteiger partial charge in [0.05, 0.1) is 5.56 Å². The standard InChI is InChI=1S/C11H16N2O5S2/c1-2-4-12-9(14)3-5-13-20(17,18)10-6-8(7-19-10)11(15)16/h6-7,13H,2-5H2,1H3,(H,12,14)(H,15,16). The van der Waals surface area contributed by atoms with Crippen LogP contribution in [-0.4, -0.2) is 38.5 Å². The van der Waals surface area contributed by atoms with Crippen LogP contribution in [-0.2, 0) is 14.8 Å². The number of thiophene rings is 1. The largest absolute Gasteiger partial charge is 0.478 e. The minimum atomic E-state index is -3.76. The zero-order valence-electron chi connectivity index (χ0n) is 10.9. The molecule has 0 saturated heterocycles. The molecular weight excluding hydrogens is 304 g/mol. The van der Waals surface area contributed by atoms with Gasteiger partial charge in [0.25, 0.3) is 0 Å². The van der Waals surface area contributed by atoms with Crippen molar-refractivity contribution < 1.29 is 23.1 Å². The van der Waals surface area contributed by atoms with Gasteiger partial charge in [0.15, 0.2) is 0 Å². The summed E-state index contributed by atoms with van der Waals surface area (Å²) in [6.07, 6.45) is 0.848. The Morgan fingerprint density at radius 2 is 2.05 bits per heavy atom. The number of rotatable bonds is 8. The van der Waals surface area contributed by atoms with Gasteiger partial charge in [0, 0.05) is 24.9 Å². The van der Waals surface area contributed by atoms with Crippen LogP contribution in [0.3, 0.4) is 0 Å². The number of nitrogens with one attached hydrogen (secondary N) is 2. The lowest BCUT2D eigenvalue weighted by Gasteiger charge is -2.05. The topological polar surface area (TPSA) is 113 Å². The van der Waals surface area contributed by atoms with Crippen LogP contribution < -0.4 is 10.0 Å². The fourth-order valence-corrected chi connectivity index (χ4v) is 3.52. The minimum absolute atomic E-state index is 0.0296. The number of sulfonamides is 1. The van der Waals surface area contributed by atoms with E-state index in [2.05, 4.69) is 10.0 Å². The third-order valence-corrected chi connectivity index (χ3v) is 5.20. The van der Waals surface area contributed by atoms with Crippen molar-refractivity contribution in [2.75, 3.05) is 13.1 Å². The normalized spacial score (nSPS) is 11.2. The molecule has 0 aliphatic carbocycles. The molecule has 3 N–H and O–H groups in total. The average Bonchev–Trinajstić information content (AvgIpc) is 2.86. The van der Waals surface area contributed by atoms with Gasteiger partial charge in [-0.2, -0.15) is 0 Å². The smallest absolute Gasteiger partial charge is 0.336 e. The van der Waals surface area contributed by atoms with E-state index in [0.29, 0.717) is 6.54 Å². The first kappa shape index (κ1) is 16.6. The van der Waals surface area contributed by atoms with Gasteiger partial charge in [-0.3, -0.25) is 4.79 Å². The summed E-state index contributed by atoms with van der Waals surface area (Å²) in [7, 11) is -3.76. The fraction of sp³-hybridized carbons (Fsp3) is 0.455. The van der Waals surface area contributed by atoms with Crippen molar-refractivity contribution in [1.29, 1.82) is 0 Å². The number of carboxylic acid groups (broad SMARTS) is 1. The summed E-state index contributed by atoms with van der Waals surface area (Å²) in [5, 5.41) is 12.6. The average molecular weight is 320 g/mol. The second-order valence-electron chi connectivity index (χ2n) is 3.96. The van der Waals surface area contributed by atoms with Gasteiger partial charge in [0.2, 0.25) is 15.9 Å². The zero-order chi connectivity index (χ0) is 15.2. The molecule has 1 amide bonds. The van der Waals surface area contributed by atoms with Gasteiger partial charge >= 0.3 is 5.97 Å². The van der Waals surface area contributed by atoms with Crippen molar-refractivity contribution in [2.24, 2.45) is 0 Å². The van der Waals surface area contributed by atoms with Crippen molar-refractivity contribution in [2.45, 2.75) is 24.0 Å². The molecule has 0 aliphatic rings. The van der Waals surface area contributed by atoms with Gasteiger partial charge in [-0.15, -0.1) is 11.3 Å². The lowest BCUT2D eigenvalue weighted by Crippen LogP contribution is -2.30. The number of carboxylic acids is 1. The van der Waals surface area contributed by atoms with Crippen LogP contribution in [0.4, 0.5) is 0 Å². The fourth-order valence-electron chi connectivity index (χ4n) is 1.29. The maximum Gasteiger partial charge on any atom is 0.336 e. The zero-order valence-corrected chi connectivity index (χ0v) is 12.5. The molecule has 20 heavy (non-hydrogen) atoms. The summed E-state index contributed by atoms with van der Waals surface area (Å²) in [6.45, 7) is 2.44. The Kier molecular flexibility index (Phi) is 6.11. The Morgan fingerprint density at radius 3 is 2.60 bits per heavy atom. The van der Waals surface area contributed by atoms with Crippen molar-refractivity contribution in [1.82, 2.24) is 10.0 Å². The van der Waals surface area contributed by atoms with E-state index in [1.165, 1.54) is 5.38 Å². The highest BCUT2D eigenvalue weighted by molar-refractivity contribution is 7.91. The maximum absolute atomic E-state index is 11.8. The van der Waals surface area contributed by atoms with Crippen LogP contribution in [0.1, 0.15) is 30.1 Å². The molecule has 0 aromatic carbocycles. The van der Waals surface area contributed by atoms with Crippen LogP contribution in [0.5, 0.6) is 0 Å². The molecule has 7 nitrogen and oxygen atoms in total. The molecule has 1 heterocycles. The second kappa shape index (κ2) is 7.36. The molecule has 112 valence electrons. The van der Waals surface area contributed by atoms with E-state index in [4.69, 9.17) is 5.11 Å². The van der Waals surface area contributed by atoms with Crippen molar-refractivity contribution in [3.63, 3.8) is 0 Å². The third kappa shape index (κ3) is 4.91. The van der Waals surface area contributed by atoms with Gasteiger partial charge in [-0.1, -0.05) is 6.92 Å². The summed E-state index contributed by atoms with van der Waals surface area (Å²) < 4.78 is 25.9. The maximum atomic E-state index is 11.8. The van der Waals surface area contributed by atoms with Crippen LogP contribution in [0, 0.1) is 0 Å². The number of hydrogen-bond acceptors (Lipinski definition) is 5. The molecule has 0 spiro atoms. The van der Waals surface area contributed by atoms with E-state index >= 15 is 0 Å². The van der Waals surface area contributed by atoms with Crippen LogP contribution in [0.15, 0.2) is 15.7 Å². The molecular formula is C11H16N2O5S2. The Labute approximate surface area is 121 Å². The van der Waals surface area contributed by atoms with Crippen molar-refractivity contribution in [3.05, 3.63) is 17.0 Å². The highest BCUT2D eigenvalue weighted by Crippen LogP contribution is 2.19. The molecule has 1 aromatic rings. The van der Waals surface area contributed by atoms with E-state index in [9.17, 15) is 18.0 Å². The van der Waals surface area contributed by atoms with Gasteiger partial charge < -0.3 is 10.4 Å². The first-order valence-electron chi connectivity index (χ1n) is 5.95. The van der Waals surface area contributed by atoms with Gasteiger partial charge in [0.1, 0.15) is 4.21 Å². The predicted octanol–water partition coefficient (Wildman–Crippen LogP) is 0.641. The molecule has 0 atom stereocenters. The van der Waals surface area contributed by atoms with E-state index < -0.39 is 16.0 Å². The Bertz CT molecular complexity index is 579. The summed E-state index contributed by atoms with van der Waals surface area (Å²) in [5.74, 6) is -1.41. The van der Waals surface area contributed by atoms with Crippen molar-refractivity contribution >= 4 is 33.2 Å². The van der Waals surface area contributed by atoms with Crippen LogP contribution in [0.25, 0.3) is 0 Å². The van der Waals surface area contributed by atoms with Crippen molar-refractivity contribution in [3.8, 4) is 0 Å². The molecule has 0 saturated carbocycles. The van der Waals surface area contributed by atoms with Gasteiger partial charge in [-0.25, -0.2) is 17.9 Å². The highest BCUT2D eigenvalue weighted by Gasteiger charge is 2.18. The summed E-state index contributed by atoms with van der Waals surface area (Å²) in [4.78, 5) is 22.0. The van der Waals surface area contributed by atoms with Crippen LogP contribution in [0.2, 0.25) is 0 Å². The quantitative estimate of drug-likeness (QED) is 0.650. The monoisotopic (exact) mass is 320 g/mol. The summed E-state index contributed by atoms with van der Waals surface area (Å²) >= 11 is 0.826. The molecule has 0 unspecified atom stereocenters. The Balaban J connectivity index is 2.53. The number of carbonyl (C=O) groups is 2. The summed E-state index contributed by atoms with van der Waals surface area (Å²) in [5.41, 5.74) is -0.0731. The van der Waals surface area contributed by atoms with Gasteiger partial charge in [-0.05, 0) is 12.5 Å². The SMILES string of the molecule is CCCNC(=O)CCNS(=O)(=O)c1cc(C(=O)O)cs1. The molecule has 0 radical (unpaired) electrons. The molecule has 0 bridgehead atoms. The first-order valence-corrected chi connectivity index (χ1v) is 8.31. The lowest BCUT2D eigenvalue weighted by molar-refractivity contribution is -0.120. The number of carbonyl (C=O) groups excluding carboxylic acids is 1. The molecule has 0 fully saturated rings. The van der Waals surface area contributed by atoms with E-state index in [1.54, 1.807) is 0 Å². The van der Waals surface area contributed by atoms with E-state index in [-0.39, 0.29) is 28.6 Å². The number of aromatic carboxylic acids is 1. The Hall–Kier alpha value is -1.45. The highest BCUT2D eigenvalue weighted by atomic mass is 32.2. The minimum Gasteiger partial charge on any atom is -0.478 e. The number of hydrogen-bond donors (Lipinski definition) is 3. The molecule has 1 rings (SSSR count). The van der Waals surface area contributed by atoms with E-state index in [1.807, 2.05) is 6.92 Å². The molecule has 0 aliphatic heterocycles. The lowest BCUT2D eigenvalue weighted by atomic mass is 10.4. The first-order chi connectivity index (χ1) is 9.36. The third-order valence-electron chi connectivity index (χ3n) is 2.30. The second-order valence-corrected chi connectivity index (χ2v) is 6.86. The molecule has 1 aromatic heterocycles. The number of amides is 1. The Morgan fingerprint density at radius 1 is 1.35 bits per heavy atom. The van der Waals surface area contributed by atoms with Crippen LogP contribution >= 0.6 is 11.3 Å².